The Morgan fingerprint density at radius 3 is 1.93 bits per heavy atom. The van der Waals surface area contributed by atoms with Crippen molar-refractivity contribution in [2.75, 3.05) is 32.8 Å². The van der Waals surface area contributed by atoms with Gasteiger partial charge >= 0.3 is 0 Å². The molecule has 1 aliphatic rings. The van der Waals surface area contributed by atoms with Crippen molar-refractivity contribution in [3.8, 4) is 0 Å². The van der Waals surface area contributed by atoms with Gasteiger partial charge in [0.2, 0.25) is 0 Å². The molecule has 5 aromatic rings. The summed E-state index contributed by atoms with van der Waals surface area (Å²) in [6.45, 7) is 4.49. The SMILES string of the molecule is O.c1ccc(C(OC2CN(CCCOCCc3ccc4sccc4c3)C2)(c2ccccc2)c2ccccc2)cc1. The molecule has 0 bridgehead atoms. The molecule has 206 valence electrons. The van der Waals surface area contributed by atoms with Crippen LogP contribution in [-0.2, 0) is 21.5 Å². The number of thiophene rings is 1. The van der Waals surface area contributed by atoms with Crippen molar-refractivity contribution in [1.82, 2.24) is 4.90 Å². The van der Waals surface area contributed by atoms with E-state index < -0.39 is 5.60 Å². The largest absolute Gasteiger partial charge is 0.412 e. The van der Waals surface area contributed by atoms with Gasteiger partial charge in [-0.15, -0.1) is 11.3 Å². The highest BCUT2D eigenvalue weighted by atomic mass is 32.1. The van der Waals surface area contributed by atoms with Crippen LogP contribution in [-0.4, -0.2) is 49.3 Å². The Labute approximate surface area is 241 Å². The van der Waals surface area contributed by atoms with Gasteiger partial charge in [0.25, 0.3) is 0 Å². The summed E-state index contributed by atoms with van der Waals surface area (Å²) in [4.78, 5) is 2.48. The lowest BCUT2D eigenvalue weighted by Gasteiger charge is -2.46. The summed E-state index contributed by atoms with van der Waals surface area (Å²) >= 11 is 1.80. The summed E-state index contributed by atoms with van der Waals surface area (Å²) in [5.74, 6) is 0. The third-order valence-corrected chi connectivity index (χ3v) is 8.52. The van der Waals surface area contributed by atoms with Crippen molar-refractivity contribution < 1.29 is 14.9 Å². The molecule has 2 heterocycles. The first-order valence-corrected chi connectivity index (χ1v) is 14.8. The number of benzene rings is 4. The molecule has 0 aliphatic carbocycles. The Bertz CT molecular complexity index is 1350. The normalized spacial score (nSPS) is 14.1. The van der Waals surface area contributed by atoms with Crippen LogP contribution in [0.4, 0.5) is 0 Å². The Morgan fingerprint density at radius 2 is 1.32 bits per heavy atom. The van der Waals surface area contributed by atoms with Crippen molar-refractivity contribution >= 4 is 21.4 Å². The van der Waals surface area contributed by atoms with E-state index in [1.165, 1.54) is 15.6 Å². The minimum absolute atomic E-state index is 0. The second kappa shape index (κ2) is 13.4. The fraction of sp³-hybridized carbons (Fsp3) is 0.257. The number of likely N-dealkylation sites (tertiary alicyclic amines) is 1. The van der Waals surface area contributed by atoms with Crippen LogP contribution in [0.2, 0.25) is 0 Å². The van der Waals surface area contributed by atoms with Crippen molar-refractivity contribution in [3.63, 3.8) is 0 Å². The van der Waals surface area contributed by atoms with Gasteiger partial charge in [-0.3, -0.25) is 4.90 Å². The molecule has 1 aliphatic heterocycles. The summed E-state index contributed by atoms with van der Waals surface area (Å²) in [5.41, 5.74) is 4.19. The van der Waals surface area contributed by atoms with Crippen LogP contribution in [0.5, 0.6) is 0 Å². The second-order valence-corrected chi connectivity index (χ2v) is 11.2. The van der Waals surface area contributed by atoms with Crippen LogP contribution in [0, 0.1) is 0 Å². The van der Waals surface area contributed by atoms with E-state index in [2.05, 4.69) is 126 Å². The van der Waals surface area contributed by atoms with Gasteiger partial charge in [-0.2, -0.15) is 0 Å². The van der Waals surface area contributed by atoms with Gasteiger partial charge in [-0.1, -0.05) is 103 Å². The molecular weight excluding hydrogens is 514 g/mol. The molecular formula is C35H37NO3S. The molecule has 6 rings (SSSR count). The molecule has 1 aromatic heterocycles. The molecule has 2 N–H and O–H groups in total. The van der Waals surface area contributed by atoms with Crippen molar-refractivity contribution in [2.45, 2.75) is 24.5 Å². The first-order valence-electron chi connectivity index (χ1n) is 13.9. The Morgan fingerprint density at radius 1 is 0.725 bits per heavy atom. The monoisotopic (exact) mass is 551 g/mol. The molecule has 0 amide bonds. The Kier molecular flexibility index (Phi) is 9.42. The first-order chi connectivity index (χ1) is 19.3. The number of ether oxygens (including phenoxy) is 2. The van der Waals surface area contributed by atoms with Crippen LogP contribution in [0.3, 0.4) is 0 Å². The number of hydrogen-bond donors (Lipinski definition) is 0. The van der Waals surface area contributed by atoms with E-state index in [-0.39, 0.29) is 11.6 Å². The van der Waals surface area contributed by atoms with Crippen LogP contribution >= 0.6 is 11.3 Å². The maximum atomic E-state index is 7.11. The summed E-state index contributed by atoms with van der Waals surface area (Å²) in [7, 11) is 0. The van der Waals surface area contributed by atoms with Gasteiger partial charge in [0.05, 0.1) is 12.7 Å². The van der Waals surface area contributed by atoms with Gasteiger partial charge in [0, 0.05) is 30.9 Å². The molecule has 0 saturated carbocycles. The predicted molar refractivity (Wildman–Crippen MR) is 165 cm³/mol. The fourth-order valence-electron chi connectivity index (χ4n) is 5.61. The number of nitrogens with zero attached hydrogens (tertiary/aromatic N) is 1. The van der Waals surface area contributed by atoms with Crippen LogP contribution < -0.4 is 0 Å². The van der Waals surface area contributed by atoms with E-state index in [1.807, 2.05) is 0 Å². The highest BCUT2D eigenvalue weighted by Gasteiger charge is 2.42. The molecule has 0 radical (unpaired) electrons. The topological polar surface area (TPSA) is 53.2 Å². The minimum atomic E-state index is -0.643. The van der Waals surface area contributed by atoms with Crippen molar-refractivity contribution in [1.29, 1.82) is 0 Å². The lowest BCUT2D eigenvalue weighted by molar-refractivity contribution is -0.117. The maximum absolute atomic E-state index is 7.11. The number of rotatable bonds is 12. The predicted octanol–water partition coefficient (Wildman–Crippen LogP) is 6.72. The molecule has 1 fully saturated rings. The van der Waals surface area contributed by atoms with E-state index in [1.54, 1.807) is 11.3 Å². The summed E-state index contributed by atoms with van der Waals surface area (Å²) < 4.78 is 14.4. The smallest absolute Gasteiger partial charge is 0.144 e. The number of hydrogen-bond acceptors (Lipinski definition) is 4. The second-order valence-electron chi connectivity index (χ2n) is 10.3. The summed E-state index contributed by atoms with van der Waals surface area (Å²) in [6.07, 6.45) is 2.17. The molecule has 5 heteroatoms. The Hall–Kier alpha value is -3.32. The van der Waals surface area contributed by atoms with E-state index in [4.69, 9.17) is 9.47 Å². The number of fused-ring (bicyclic) bond motifs is 1. The molecule has 40 heavy (non-hydrogen) atoms. The zero-order chi connectivity index (χ0) is 26.3. The average molecular weight is 552 g/mol. The van der Waals surface area contributed by atoms with Gasteiger partial charge in [0.15, 0.2) is 0 Å². The lowest BCUT2D eigenvalue weighted by atomic mass is 9.79. The first kappa shape index (κ1) is 28.2. The molecule has 4 nitrogen and oxygen atoms in total. The van der Waals surface area contributed by atoms with Crippen LogP contribution in [0.1, 0.15) is 28.7 Å². The molecule has 0 unspecified atom stereocenters. The van der Waals surface area contributed by atoms with E-state index in [0.717, 1.165) is 62.4 Å². The Balaban J connectivity index is 0.00000323. The van der Waals surface area contributed by atoms with Crippen LogP contribution in [0.25, 0.3) is 10.1 Å². The fourth-order valence-corrected chi connectivity index (χ4v) is 6.38. The van der Waals surface area contributed by atoms with Gasteiger partial charge in [0.1, 0.15) is 5.60 Å². The highest BCUT2D eigenvalue weighted by Crippen LogP contribution is 2.42. The zero-order valence-corrected chi connectivity index (χ0v) is 23.6. The van der Waals surface area contributed by atoms with E-state index in [9.17, 15) is 0 Å². The zero-order valence-electron chi connectivity index (χ0n) is 22.7. The molecule has 1 saturated heterocycles. The van der Waals surface area contributed by atoms with Crippen LogP contribution in [0.15, 0.2) is 121 Å². The quantitative estimate of drug-likeness (QED) is 0.128. The average Bonchev–Trinajstić information content (AvgIpc) is 3.45. The van der Waals surface area contributed by atoms with E-state index in [0.29, 0.717) is 0 Å². The summed E-state index contributed by atoms with van der Waals surface area (Å²) in [6, 6.07) is 40.9. The third-order valence-electron chi connectivity index (χ3n) is 7.62. The minimum Gasteiger partial charge on any atom is -0.412 e. The van der Waals surface area contributed by atoms with Gasteiger partial charge in [-0.05, 0) is 58.0 Å². The molecule has 0 atom stereocenters. The molecule has 4 aromatic carbocycles. The van der Waals surface area contributed by atoms with E-state index >= 15 is 0 Å². The highest BCUT2D eigenvalue weighted by molar-refractivity contribution is 7.17. The summed E-state index contributed by atoms with van der Waals surface area (Å²) in [5, 5.41) is 3.49. The third kappa shape index (κ3) is 6.20. The van der Waals surface area contributed by atoms with Crippen molar-refractivity contribution in [3.05, 3.63) is 143 Å². The maximum Gasteiger partial charge on any atom is 0.144 e. The lowest BCUT2D eigenvalue weighted by Crippen LogP contribution is -2.55. The van der Waals surface area contributed by atoms with Gasteiger partial charge < -0.3 is 14.9 Å². The van der Waals surface area contributed by atoms with Gasteiger partial charge in [-0.25, -0.2) is 0 Å². The van der Waals surface area contributed by atoms with Crippen molar-refractivity contribution in [2.24, 2.45) is 0 Å². The standard InChI is InChI=1S/C35H35NO2S.H2O/c1-4-11-30(12-5-1)35(31-13-6-2-7-14-31,32-15-8-3-9-16-32)38-33-26-36(27-33)21-10-22-37-23-19-28-17-18-34-29(25-28)20-24-39-34;/h1-9,11-18,20,24-25,33H,10,19,21-23,26-27H2;1H2. The molecule has 0 spiro atoms.